The summed E-state index contributed by atoms with van der Waals surface area (Å²) in [6.07, 6.45) is -6.03. The van der Waals surface area contributed by atoms with E-state index in [9.17, 15) is 14.4 Å². The zero-order valence-electron chi connectivity index (χ0n) is 22.7. The van der Waals surface area contributed by atoms with Gasteiger partial charge in [0.1, 0.15) is 0 Å². The minimum atomic E-state index is -1.92. The standard InChI is InChI=1S/C29H29O10P.B/c1-19-23(36-26(30)20-13-7-4-8-14-20)24(37-27(31)21-15-9-5-10-16-21)25(29(35-19)39-40(33-2)34-3)38-28(32)22-17-11-6-12-18-22;/h4-19,23-25,29H,1-3H3;/t19-,23+,24+,25-,29-;/m0./s1. The van der Waals surface area contributed by atoms with Crippen molar-refractivity contribution in [1.82, 2.24) is 0 Å². The van der Waals surface area contributed by atoms with E-state index in [1.54, 1.807) is 97.9 Å². The SMILES string of the molecule is COP(OC)O[C@@H]1O[C@@H](C)[C@@H](OC(=O)c2ccccc2)[C@@H](OC(=O)c2ccccc2)[C@@H]1OC(=O)c1ccccc1.[B]. The van der Waals surface area contributed by atoms with Crippen molar-refractivity contribution in [3.63, 3.8) is 0 Å². The van der Waals surface area contributed by atoms with E-state index in [1.165, 1.54) is 14.2 Å². The van der Waals surface area contributed by atoms with Crippen LogP contribution in [0.25, 0.3) is 0 Å². The second-order valence-corrected chi connectivity index (χ2v) is 10.00. The first kappa shape index (κ1) is 31.9. The molecule has 1 fully saturated rings. The fraction of sp³-hybridized carbons (Fsp3) is 0.276. The van der Waals surface area contributed by atoms with Gasteiger partial charge in [0.2, 0.25) is 6.29 Å². The van der Waals surface area contributed by atoms with Gasteiger partial charge in [0.25, 0.3) is 0 Å². The van der Waals surface area contributed by atoms with Crippen molar-refractivity contribution in [2.75, 3.05) is 14.2 Å². The zero-order valence-corrected chi connectivity index (χ0v) is 23.5. The van der Waals surface area contributed by atoms with Crippen LogP contribution in [0.4, 0.5) is 0 Å². The predicted molar refractivity (Wildman–Crippen MR) is 149 cm³/mol. The van der Waals surface area contributed by atoms with Gasteiger partial charge < -0.3 is 28.0 Å². The Kier molecular flexibility index (Phi) is 12.0. The highest BCUT2D eigenvalue weighted by Gasteiger charge is 2.52. The summed E-state index contributed by atoms with van der Waals surface area (Å²) in [7, 11) is 0.839. The Labute approximate surface area is 241 Å². The fourth-order valence-electron chi connectivity index (χ4n) is 4.02. The van der Waals surface area contributed by atoms with Crippen LogP contribution >= 0.6 is 8.60 Å². The summed E-state index contributed by atoms with van der Waals surface area (Å²) in [6.45, 7) is 1.62. The molecular formula is C29H29BO10P. The summed E-state index contributed by atoms with van der Waals surface area (Å²) < 4.78 is 39.9. The van der Waals surface area contributed by atoms with Gasteiger partial charge in [-0.05, 0) is 43.3 Å². The van der Waals surface area contributed by atoms with Crippen LogP contribution < -0.4 is 0 Å². The Balaban J connectivity index is 0.00000462. The summed E-state index contributed by atoms with van der Waals surface area (Å²) in [5.41, 5.74) is 0.768. The molecule has 3 aromatic rings. The Hall–Kier alpha value is -3.60. The largest absolute Gasteiger partial charge is 0.452 e. The third-order valence-corrected chi connectivity index (χ3v) is 6.95. The average Bonchev–Trinajstić information content (AvgIpc) is 3.00. The Morgan fingerprint density at radius 2 is 0.976 bits per heavy atom. The molecule has 5 atom stereocenters. The molecule has 41 heavy (non-hydrogen) atoms. The first-order chi connectivity index (χ1) is 19.4. The van der Waals surface area contributed by atoms with Crippen molar-refractivity contribution in [2.45, 2.75) is 37.6 Å². The van der Waals surface area contributed by atoms with Gasteiger partial charge in [0.15, 0.2) is 18.3 Å². The van der Waals surface area contributed by atoms with Crippen LogP contribution in [0, 0.1) is 0 Å². The average molecular weight is 579 g/mol. The highest BCUT2D eigenvalue weighted by atomic mass is 31.2. The van der Waals surface area contributed by atoms with Crippen molar-refractivity contribution >= 4 is 34.9 Å². The second-order valence-electron chi connectivity index (χ2n) is 8.61. The molecule has 4 rings (SSSR count). The van der Waals surface area contributed by atoms with Gasteiger partial charge in [-0.25, -0.2) is 14.4 Å². The summed E-state index contributed by atoms with van der Waals surface area (Å²) in [5, 5.41) is 0. The van der Waals surface area contributed by atoms with Crippen LogP contribution in [0.2, 0.25) is 0 Å². The van der Waals surface area contributed by atoms with Crippen molar-refractivity contribution in [1.29, 1.82) is 0 Å². The molecule has 0 bridgehead atoms. The van der Waals surface area contributed by atoms with Gasteiger partial charge in [-0.3, -0.25) is 4.52 Å². The number of esters is 3. The molecule has 12 heteroatoms. The number of ether oxygens (including phenoxy) is 4. The maximum Gasteiger partial charge on any atom is 0.338 e. The summed E-state index contributed by atoms with van der Waals surface area (Å²) in [6, 6.07) is 24.8. The van der Waals surface area contributed by atoms with Crippen molar-refractivity contribution in [2.24, 2.45) is 0 Å². The van der Waals surface area contributed by atoms with Crippen molar-refractivity contribution < 1.29 is 46.9 Å². The van der Waals surface area contributed by atoms with E-state index in [2.05, 4.69) is 0 Å². The maximum atomic E-state index is 13.2. The molecule has 1 saturated heterocycles. The number of hydrogen-bond acceptors (Lipinski definition) is 10. The quantitative estimate of drug-likeness (QED) is 0.147. The van der Waals surface area contributed by atoms with Gasteiger partial charge >= 0.3 is 26.5 Å². The molecular weight excluding hydrogens is 550 g/mol. The first-order valence-corrected chi connectivity index (χ1v) is 13.5. The predicted octanol–water partition coefficient (Wildman–Crippen LogP) is 4.56. The van der Waals surface area contributed by atoms with Crippen LogP contribution in [0.5, 0.6) is 0 Å². The molecule has 1 aliphatic rings. The maximum absolute atomic E-state index is 13.2. The van der Waals surface area contributed by atoms with Gasteiger partial charge in [-0.1, -0.05) is 54.6 Å². The number of carbonyl (C=O) groups excluding carboxylic acids is 3. The molecule has 0 aliphatic carbocycles. The lowest BCUT2D eigenvalue weighted by Crippen LogP contribution is -2.61. The molecule has 0 aromatic heterocycles. The molecule has 0 saturated carbocycles. The molecule has 0 amide bonds. The number of carbonyl (C=O) groups is 3. The normalized spacial score (nSPS) is 21.8. The van der Waals surface area contributed by atoms with Gasteiger partial charge in [0, 0.05) is 22.6 Å². The third-order valence-electron chi connectivity index (χ3n) is 5.97. The Morgan fingerprint density at radius 1 is 0.610 bits per heavy atom. The van der Waals surface area contributed by atoms with E-state index in [1.807, 2.05) is 0 Å². The Bertz CT molecular complexity index is 1260. The molecule has 3 radical (unpaired) electrons. The molecule has 3 aromatic carbocycles. The van der Waals surface area contributed by atoms with Crippen LogP contribution in [0.15, 0.2) is 91.0 Å². The van der Waals surface area contributed by atoms with Crippen LogP contribution in [-0.2, 0) is 32.5 Å². The van der Waals surface area contributed by atoms with Gasteiger partial charge in [-0.2, -0.15) is 0 Å². The summed E-state index contributed by atoms with van der Waals surface area (Å²) in [4.78, 5) is 39.5. The van der Waals surface area contributed by atoms with Gasteiger partial charge in [0.05, 0.1) is 22.8 Å². The smallest absolute Gasteiger partial charge is 0.338 e. The number of benzene rings is 3. The molecule has 0 N–H and O–H groups in total. The van der Waals surface area contributed by atoms with Crippen molar-refractivity contribution in [3.05, 3.63) is 108 Å². The van der Waals surface area contributed by atoms with E-state index in [0.717, 1.165) is 0 Å². The fourth-order valence-corrected chi connectivity index (χ4v) is 4.68. The van der Waals surface area contributed by atoms with Crippen LogP contribution in [0.1, 0.15) is 38.0 Å². The van der Waals surface area contributed by atoms with E-state index in [-0.39, 0.29) is 25.1 Å². The van der Waals surface area contributed by atoms with Crippen molar-refractivity contribution in [3.8, 4) is 0 Å². The molecule has 10 nitrogen and oxygen atoms in total. The van der Waals surface area contributed by atoms with E-state index < -0.39 is 57.2 Å². The highest BCUT2D eigenvalue weighted by molar-refractivity contribution is 7.41. The lowest BCUT2D eigenvalue weighted by molar-refractivity contribution is -0.268. The Morgan fingerprint density at radius 3 is 1.37 bits per heavy atom. The van der Waals surface area contributed by atoms with E-state index >= 15 is 0 Å². The number of rotatable bonds is 10. The highest BCUT2D eigenvalue weighted by Crippen LogP contribution is 2.43. The monoisotopic (exact) mass is 579 g/mol. The van der Waals surface area contributed by atoms with E-state index in [4.69, 9.17) is 32.5 Å². The minimum absolute atomic E-state index is 0. The minimum Gasteiger partial charge on any atom is -0.452 e. The second kappa shape index (κ2) is 15.4. The number of hydrogen-bond donors (Lipinski definition) is 0. The molecule has 213 valence electrons. The molecule has 1 aliphatic heterocycles. The lowest BCUT2D eigenvalue weighted by atomic mass is 9.98. The molecule has 0 spiro atoms. The topological polar surface area (TPSA) is 116 Å². The molecule has 1 heterocycles. The lowest BCUT2D eigenvalue weighted by Gasteiger charge is -2.43. The zero-order chi connectivity index (χ0) is 28.5. The third kappa shape index (κ3) is 8.22. The van der Waals surface area contributed by atoms with Gasteiger partial charge in [-0.15, -0.1) is 0 Å². The summed E-state index contributed by atoms with van der Waals surface area (Å²) in [5.74, 6) is -2.13. The van der Waals surface area contributed by atoms with Crippen LogP contribution in [-0.4, -0.2) is 71.2 Å². The molecule has 0 unspecified atom stereocenters. The first-order valence-electron chi connectivity index (χ1n) is 12.4. The van der Waals surface area contributed by atoms with E-state index in [0.29, 0.717) is 0 Å². The summed E-state index contributed by atoms with van der Waals surface area (Å²) >= 11 is 0. The van der Waals surface area contributed by atoms with Crippen LogP contribution in [0.3, 0.4) is 0 Å².